The number of benzene rings is 8. The quantitative estimate of drug-likeness (QED) is 0.00542. The number of halogens is 1. The predicted molar refractivity (Wildman–Crippen MR) is 419 cm³/mol. The Hall–Kier alpha value is -4.66. The van der Waals surface area contributed by atoms with E-state index < -0.39 is 24.4 Å². The first kappa shape index (κ1) is 100. The van der Waals surface area contributed by atoms with Crippen molar-refractivity contribution in [2.24, 2.45) is 23.7 Å². The van der Waals surface area contributed by atoms with Crippen LogP contribution in [0.15, 0.2) is 182 Å². The van der Waals surface area contributed by atoms with E-state index in [4.69, 9.17) is 29.0 Å². The number of epoxide rings is 1. The topological polar surface area (TPSA) is 251 Å². The van der Waals surface area contributed by atoms with Crippen molar-refractivity contribution in [3.63, 3.8) is 0 Å². The Balaban J connectivity index is 0. The summed E-state index contributed by atoms with van der Waals surface area (Å²) in [6.07, 6.45) is 7.81. The Morgan fingerprint density at radius 2 is 0.724 bits per heavy atom. The van der Waals surface area contributed by atoms with E-state index in [0.29, 0.717) is 66.9 Å². The Morgan fingerprint density at radius 3 is 0.990 bits per heavy atom. The van der Waals surface area contributed by atoms with Gasteiger partial charge in [-0.2, -0.15) is 0 Å². The molecule has 0 bridgehead atoms. The van der Waals surface area contributed by atoms with Crippen LogP contribution in [0.4, 0.5) is 0 Å². The number of aliphatic hydroxyl groups is 4. The minimum absolute atomic E-state index is 0. The molecule has 18 heteroatoms. The largest absolute Gasteiger partial charge is 1.00 e. The summed E-state index contributed by atoms with van der Waals surface area (Å²) < 4.78 is 22.8. The van der Waals surface area contributed by atoms with Crippen LogP contribution in [0.5, 0.6) is 40.2 Å². The molecule has 8 atom stereocenters. The van der Waals surface area contributed by atoms with Gasteiger partial charge in [0.2, 0.25) is 0 Å². The molecule has 0 spiro atoms. The number of aliphatic hydroxyl groups excluding tert-OH is 4. The van der Waals surface area contributed by atoms with Gasteiger partial charge in [-0.1, -0.05) is 227 Å². The van der Waals surface area contributed by atoms with Gasteiger partial charge in [-0.3, -0.25) is 4.79 Å². The van der Waals surface area contributed by atoms with Gasteiger partial charge in [-0.15, -0.1) is 0 Å². The van der Waals surface area contributed by atoms with Crippen molar-refractivity contribution in [2.75, 3.05) is 11.9 Å². The van der Waals surface area contributed by atoms with Crippen LogP contribution in [0.2, 0.25) is 0 Å². The van der Waals surface area contributed by atoms with Gasteiger partial charge in [0.1, 0.15) is 66.2 Å². The first-order valence-electron chi connectivity index (χ1n) is 36.3. The molecule has 8 N–H and O–H groups in total. The number of aryl methyl sites for hydroxylation is 3. The summed E-state index contributed by atoms with van der Waals surface area (Å²) in [5, 5.41) is 86.2. The van der Waals surface area contributed by atoms with Crippen LogP contribution < -0.4 is 122 Å². The number of alkyl halides is 1. The summed E-state index contributed by atoms with van der Waals surface area (Å²) in [4.78, 5) is 11.2. The standard InChI is InChI=1S/C21H28O2.C16H17BrO2.C16H16O2.2C13H20O3.C5H12.C2H6.CH2O3.2K.H/c1-4-16(2)10-11-21(22)19-12-17(3)13-20(14-19)23-15-18-8-6-5-7-9-18;1-12-7-14(16(18)10-17)9-15(8-12)19-11-13-5-3-2-4-6-13;1-12-7-14(16-11-18-16)9-15(8-12)17-10-13-5-3-2-4-6-13;2*1-3-9(2)4-5-13(16)10-6-11(14)8-12(15)7-10;1-4-5(2)3;1-2;2-1-4-3;;;/h5-9,12-14,16,21-22H,4,10-11,15H2,1-3H3;2-9,16,18H,10-11H2,1H3;2-9,16H,10-11H2,1H3;2*6-9,13-16H,3-5H2,1-2H3;5H,4H2,1-3H3;1-2H3;1,3H;;;/q;;;;;;;;2*+1;-1/p-1. The molecule has 105 heavy (non-hydrogen) atoms. The minimum Gasteiger partial charge on any atom is -1.00 e. The molecule has 1 aliphatic rings. The molecule has 8 unspecified atom stereocenters. The van der Waals surface area contributed by atoms with Gasteiger partial charge >= 0.3 is 103 Å². The number of carbonyl (C=O) groups excluding carboxylic acids is 1. The fourth-order valence-corrected chi connectivity index (χ4v) is 10.1. The van der Waals surface area contributed by atoms with Crippen molar-refractivity contribution < 1.29 is 179 Å². The van der Waals surface area contributed by atoms with Crippen LogP contribution in [0.1, 0.15) is 234 Å². The smallest absolute Gasteiger partial charge is 1.00 e. The number of rotatable bonds is 29. The normalized spacial score (nSPS) is 13.4. The molecule has 568 valence electrons. The SMILES string of the molecule is CC.CCC(C)C.CCC(C)CCC(O)c1cc(C)cc(OCc2ccccc2)c1.CCC(C)CCC(O)c1cc(O)cc(O)c1.CCC(C)CCC(O)c1cc(O)cc(O)c1.Cc1cc(OCc2ccccc2)cc(C(O)CBr)c1.Cc1cc(OCc2ccccc2)cc(C2CO2)c1.O=CO[O-].[H-].[K+].[K+]. The third-order valence-corrected chi connectivity index (χ3v) is 17.6. The van der Waals surface area contributed by atoms with Crippen molar-refractivity contribution in [1.82, 2.24) is 0 Å². The zero-order valence-corrected chi connectivity index (χ0v) is 73.3. The van der Waals surface area contributed by atoms with Gasteiger partial charge in [0.25, 0.3) is 6.47 Å². The van der Waals surface area contributed by atoms with Gasteiger partial charge in [0, 0.05) is 17.5 Å². The van der Waals surface area contributed by atoms with Gasteiger partial charge < -0.3 is 71.4 Å². The van der Waals surface area contributed by atoms with Crippen LogP contribution >= 0.6 is 15.9 Å². The number of hydrogen-bond acceptors (Lipinski definition) is 15. The van der Waals surface area contributed by atoms with Crippen LogP contribution in [0.25, 0.3) is 0 Å². The molecule has 15 nitrogen and oxygen atoms in total. The van der Waals surface area contributed by atoms with Crippen LogP contribution in [-0.2, 0) is 34.2 Å². The molecule has 1 saturated heterocycles. The van der Waals surface area contributed by atoms with E-state index in [2.05, 4.69) is 139 Å². The van der Waals surface area contributed by atoms with E-state index in [1.807, 2.05) is 125 Å². The zero-order valence-electron chi connectivity index (χ0n) is 66.5. The third-order valence-electron chi connectivity index (χ3n) is 16.9. The number of phenols is 4. The van der Waals surface area contributed by atoms with E-state index >= 15 is 0 Å². The molecule has 0 saturated carbocycles. The number of phenolic OH excluding ortho intramolecular Hbond substituents is 4. The maximum atomic E-state index is 10.4. The minimum atomic E-state index is -0.619. The molecule has 1 aliphatic heterocycles. The van der Waals surface area contributed by atoms with Gasteiger partial charge in [-0.05, 0) is 205 Å². The molecule has 1 fully saturated rings. The van der Waals surface area contributed by atoms with Gasteiger partial charge in [-0.25, -0.2) is 0 Å². The number of ether oxygens (including phenoxy) is 4. The molecule has 0 radical (unpaired) electrons. The third kappa shape index (κ3) is 45.8. The average molecular weight is 1570 g/mol. The number of carbonyl (C=O) groups is 1. The van der Waals surface area contributed by atoms with E-state index in [1.165, 1.54) is 59.5 Å². The van der Waals surface area contributed by atoms with Crippen LogP contribution in [0, 0.1) is 44.4 Å². The summed E-state index contributed by atoms with van der Waals surface area (Å²) in [5.41, 5.74) is 11.1. The van der Waals surface area contributed by atoms with Crippen LogP contribution in [0.3, 0.4) is 0 Å². The van der Waals surface area contributed by atoms with E-state index in [-0.39, 0.29) is 140 Å². The van der Waals surface area contributed by atoms with Gasteiger partial charge in [0.05, 0.1) is 31.0 Å². The van der Waals surface area contributed by atoms with E-state index in [1.54, 1.807) is 0 Å². The summed E-state index contributed by atoms with van der Waals surface area (Å²) in [7, 11) is 0. The number of hydrogen-bond donors (Lipinski definition) is 8. The van der Waals surface area contributed by atoms with Crippen molar-refractivity contribution in [3.8, 4) is 40.2 Å². The molecule has 9 rings (SSSR count). The molecular weight excluding hydrogens is 1440 g/mol. The molecule has 8 aromatic carbocycles. The molecule has 0 aliphatic carbocycles. The second kappa shape index (κ2) is 59.2. The number of aromatic hydroxyl groups is 4. The summed E-state index contributed by atoms with van der Waals surface area (Å²) in [5.74, 6) is 5.18. The van der Waals surface area contributed by atoms with E-state index in [9.17, 15) is 40.9 Å². The molecule has 0 aromatic heterocycles. The first-order chi connectivity index (χ1) is 49.3. The summed E-state index contributed by atoms with van der Waals surface area (Å²) in [6.45, 7) is 32.1. The predicted octanol–water partition coefficient (Wildman–Crippen LogP) is 14.6. The maximum absolute atomic E-state index is 10.4. The zero-order chi connectivity index (χ0) is 76.7. The Morgan fingerprint density at radius 1 is 0.448 bits per heavy atom. The Bertz CT molecular complexity index is 3410. The average Bonchev–Trinajstić information content (AvgIpc) is 1.63. The monoisotopic (exact) mass is 1560 g/mol. The summed E-state index contributed by atoms with van der Waals surface area (Å²) >= 11 is 3.29. The summed E-state index contributed by atoms with van der Waals surface area (Å²) in [6, 6.07) is 57.0. The fraction of sp³-hybridized carbons (Fsp3) is 0.437. The van der Waals surface area contributed by atoms with Crippen molar-refractivity contribution >= 4 is 22.4 Å². The molecule has 8 aromatic rings. The second-order valence-electron chi connectivity index (χ2n) is 26.4. The molecule has 1 heterocycles. The Kier molecular flexibility index (Phi) is 56.6. The van der Waals surface area contributed by atoms with Crippen molar-refractivity contribution in [1.29, 1.82) is 0 Å². The molecule has 0 amide bonds. The fourth-order valence-electron chi connectivity index (χ4n) is 9.76. The first-order valence-corrected chi connectivity index (χ1v) is 37.5. The van der Waals surface area contributed by atoms with E-state index in [0.717, 1.165) is 108 Å². The molecular formula is C87H121BrK2O15. The maximum Gasteiger partial charge on any atom is 1.00 e. The van der Waals surface area contributed by atoms with Gasteiger partial charge in [0.15, 0.2) is 0 Å². The Labute approximate surface area is 723 Å². The van der Waals surface area contributed by atoms with Crippen molar-refractivity contribution in [2.45, 2.75) is 211 Å². The van der Waals surface area contributed by atoms with Crippen LogP contribution in [-0.4, -0.2) is 59.3 Å². The van der Waals surface area contributed by atoms with Crippen molar-refractivity contribution in [3.05, 3.63) is 243 Å². The second-order valence-corrected chi connectivity index (χ2v) is 27.1.